The van der Waals surface area contributed by atoms with E-state index in [1.165, 1.54) is 12.1 Å². The van der Waals surface area contributed by atoms with Crippen LogP contribution >= 0.6 is 23.4 Å². The number of nitrogens with zero attached hydrogens (tertiary/aromatic N) is 1. The molecule has 7 heteroatoms. The molecule has 0 aliphatic heterocycles. The van der Waals surface area contributed by atoms with Gasteiger partial charge in [0.25, 0.3) is 0 Å². The van der Waals surface area contributed by atoms with Gasteiger partial charge in [-0.25, -0.2) is 4.39 Å². The van der Waals surface area contributed by atoms with E-state index >= 15 is 0 Å². The second-order valence-corrected chi connectivity index (χ2v) is 9.97. The SMILES string of the molecule is CCC(C(=O)NC(C)(C)C)N(Cc1ccc(F)cc1)C(=O)CCSc1ccc(Cl)cc1. The summed E-state index contributed by atoms with van der Waals surface area (Å²) < 4.78 is 13.3. The molecule has 0 spiro atoms. The summed E-state index contributed by atoms with van der Waals surface area (Å²) in [6.07, 6.45) is 0.771. The molecule has 0 fully saturated rings. The summed E-state index contributed by atoms with van der Waals surface area (Å²) in [6.45, 7) is 7.87. The molecule has 2 aromatic carbocycles. The fourth-order valence-electron chi connectivity index (χ4n) is 3.09. The van der Waals surface area contributed by atoms with Crippen molar-refractivity contribution in [3.8, 4) is 0 Å². The Kier molecular flexibility index (Phi) is 9.38. The third kappa shape index (κ3) is 8.54. The van der Waals surface area contributed by atoms with Gasteiger partial charge in [-0.3, -0.25) is 9.59 Å². The molecule has 1 unspecified atom stereocenters. The van der Waals surface area contributed by atoms with Crippen LogP contribution in [0.15, 0.2) is 53.4 Å². The second-order valence-electron chi connectivity index (χ2n) is 8.36. The minimum absolute atomic E-state index is 0.110. The van der Waals surface area contributed by atoms with Crippen LogP contribution in [-0.4, -0.2) is 34.0 Å². The van der Waals surface area contributed by atoms with E-state index in [1.807, 2.05) is 52.0 Å². The molecule has 2 amide bonds. The van der Waals surface area contributed by atoms with Crippen LogP contribution in [0, 0.1) is 5.82 Å². The molecule has 1 N–H and O–H groups in total. The molecule has 2 aromatic rings. The van der Waals surface area contributed by atoms with E-state index in [0.29, 0.717) is 17.2 Å². The molecule has 0 saturated carbocycles. The Morgan fingerprint density at radius 2 is 1.71 bits per heavy atom. The van der Waals surface area contributed by atoms with E-state index in [0.717, 1.165) is 10.5 Å². The second kappa shape index (κ2) is 11.5. The highest BCUT2D eigenvalue weighted by molar-refractivity contribution is 7.99. The maximum atomic E-state index is 13.3. The van der Waals surface area contributed by atoms with Crippen LogP contribution in [0.5, 0.6) is 0 Å². The largest absolute Gasteiger partial charge is 0.350 e. The van der Waals surface area contributed by atoms with E-state index in [4.69, 9.17) is 11.6 Å². The van der Waals surface area contributed by atoms with Gasteiger partial charge in [-0.15, -0.1) is 11.8 Å². The van der Waals surface area contributed by atoms with Crippen molar-refractivity contribution < 1.29 is 14.0 Å². The lowest BCUT2D eigenvalue weighted by molar-refractivity contribution is -0.141. The first-order valence-electron chi connectivity index (χ1n) is 10.3. The van der Waals surface area contributed by atoms with Crippen molar-refractivity contribution in [2.45, 2.75) is 63.6 Å². The lowest BCUT2D eigenvalue weighted by Gasteiger charge is -2.33. The first-order chi connectivity index (χ1) is 14.6. The maximum Gasteiger partial charge on any atom is 0.243 e. The Morgan fingerprint density at radius 3 is 2.26 bits per heavy atom. The van der Waals surface area contributed by atoms with Gasteiger partial charge < -0.3 is 10.2 Å². The highest BCUT2D eigenvalue weighted by atomic mass is 35.5. The Bertz CT molecular complexity index is 867. The zero-order chi connectivity index (χ0) is 23.0. The van der Waals surface area contributed by atoms with Crippen molar-refractivity contribution in [1.82, 2.24) is 10.2 Å². The van der Waals surface area contributed by atoms with Gasteiger partial charge >= 0.3 is 0 Å². The predicted octanol–water partition coefficient (Wildman–Crippen LogP) is 5.68. The molecule has 1 atom stereocenters. The molecule has 0 bridgehead atoms. The zero-order valence-electron chi connectivity index (χ0n) is 18.5. The Hall–Kier alpha value is -2.05. The molecule has 0 radical (unpaired) electrons. The van der Waals surface area contributed by atoms with Crippen molar-refractivity contribution in [1.29, 1.82) is 0 Å². The van der Waals surface area contributed by atoms with Crippen molar-refractivity contribution in [2.75, 3.05) is 5.75 Å². The van der Waals surface area contributed by atoms with E-state index in [-0.39, 0.29) is 30.6 Å². The van der Waals surface area contributed by atoms with Crippen LogP contribution in [0.2, 0.25) is 5.02 Å². The van der Waals surface area contributed by atoms with E-state index < -0.39 is 11.6 Å². The molecule has 0 saturated heterocycles. The van der Waals surface area contributed by atoms with Crippen LogP contribution in [0.4, 0.5) is 4.39 Å². The van der Waals surface area contributed by atoms with Crippen LogP contribution < -0.4 is 5.32 Å². The standard InChI is InChI=1S/C24H30ClFN2O2S/c1-5-21(23(30)27-24(2,3)4)28(16-17-6-10-19(26)11-7-17)22(29)14-15-31-20-12-8-18(25)9-13-20/h6-13,21H,5,14-16H2,1-4H3,(H,27,30). The van der Waals surface area contributed by atoms with Crippen LogP contribution in [0.1, 0.15) is 46.1 Å². The number of thioether (sulfide) groups is 1. The lowest BCUT2D eigenvalue weighted by atomic mass is 10.1. The van der Waals surface area contributed by atoms with Gasteiger partial charge in [-0.05, 0) is 69.2 Å². The lowest BCUT2D eigenvalue weighted by Crippen LogP contribution is -2.53. The molecule has 0 aromatic heterocycles. The van der Waals surface area contributed by atoms with Gasteiger partial charge in [0.05, 0.1) is 0 Å². The quantitative estimate of drug-likeness (QED) is 0.485. The first kappa shape index (κ1) is 25.2. The van der Waals surface area contributed by atoms with Gasteiger partial charge in [0.1, 0.15) is 11.9 Å². The predicted molar refractivity (Wildman–Crippen MR) is 126 cm³/mol. The first-order valence-corrected chi connectivity index (χ1v) is 11.7. The topological polar surface area (TPSA) is 49.4 Å². The molecule has 168 valence electrons. The zero-order valence-corrected chi connectivity index (χ0v) is 20.0. The minimum Gasteiger partial charge on any atom is -0.350 e. The number of hydrogen-bond acceptors (Lipinski definition) is 3. The highest BCUT2D eigenvalue weighted by Crippen LogP contribution is 2.22. The number of rotatable bonds is 9. The molecule has 31 heavy (non-hydrogen) atoms. The monoisotopic (exact) mass is 464 g/mol. The van der Waals surface area contributed by atoms with Crippen LogP contribution in [-0.2, 0) is 16.1 Å². The van der Waals surface area contributed by atoms with Crippen molar-refractivity contribution in [2.24, 2.45) is 0 Å². The van der Waals surface area contributed by atoms with E-state index in [2.05, 4.69) is 5.32 Å². The van der Waals surface area contributed by atoms with Crippen LogP contribution in [0.25, 0.3) is 0 Å². The molecular formula is C24H30ClFN2O2S. The van der Waals surface area contributed by atoms with E-state index in [9.17, 15) is 14.0 Å². The van der Waals surface area contributed by atoms with Gasteiger partial charge in [0.2, 0.25) is 11.8 Å². The minimum atomic E-state index is -0.600. The smallest absolute Gasteiger partial charge is 0.243 e. The van der Waals surface area contributed by atoms with Gasteiger partial charge in [0, 0.05) is 34.2 Å². The Labute approximate surface area is 193 Å². The number of benzene rings is 2. The summed E-state index contributed by atoms with van der Waals surface area (Å²) in [6, 6.07) is 12.9. The normalized spacial score (nSPS) is 12.3. The van der Waals surface area contributed by atoms with Crippen LogP contribution in [0.3, 0.4) is 0 Å². The molecule has 0 aliphatic carbocycles. The summed E-state index contributed by atoms with van der Waals surface area (Å²) in [4.78, 5) is 28.7. The van der Waals surface area contributed by atoms with Gasteiger partial charge in [-0.2, -0.15) is 0 Å². The summed E-state index contributed by atoms with van der Waals surface area (Å²) >= 11 is 7.48. The number of carbonyl (C=O) groups excluding carboxylic acids is 2. The number of hydrogen-bond donors (Lipinski definition) is 1. The van der Waals surface area contributed by atoms with Gasteiger partial charge in [0.15, 0.2) is 0 Å². The van der Waals surface area contributed by atoms with Crippen molar-refractivity contribution in [3.05, 3.63) is 64.9 Å². The summed E-state index contributed by atoms with van der Waals surface area (Å²) in [7, 11) is 0. The Balaban J connectivity index is 2.14. The van der Waals surface area contributed by atoms with E-state index in [1.54, 1.807) is 28.8 Å². The average Bonchev–Trinajstić information content (AvgIpc) is 2.69. The molecular weight excluding hydrogens is 435 g/mol. The molecule has 0 aliphatic rings. The molecule has 0 heterocycles. The number of nitrogens with one attached hydrogen (secondary N) is 1. The maximum absolute atomic E-state index is 13.3. The Morgan fingerprint density at radius 1 is 1.10 bits per heavy atom. The number of amides is 2. The highest BCUT2D eigenvalue weighted by Gasteiger charge is 2.30. The van der Waals surface area contributed by atoms with Gasteiger partial charge in [-0.1, -0.05) is 30.7 Å². The number of halogens is 2. The average molecular weight is 465 g/mol. The third-order valence-electron chi connectivity index (χ3n) is 4.55. The third-order valence-corrected chi connectivity index (χ3v) is 5.81. The van der Waals surface area contributed by atoms with Crippen molar-refractivity contribution in [3.63, 3.8) is 0 Å². The summed E-state index contributed by atoms with van der Waals surface area (Å²) in [5, 5.41) is 3.65. The fourth-order valence-corrected chi connectivity index (χ4v) is 4.06. The number of carbonyl (C=O) groups is 2. The van der Waals surface area contributed by atoms with Crippen molar-refractivity contribution >= 4 is 35.2 Å². The molecule has 2 rings (SSSR count). The summed E-state index contributed by atoms with van der Waals surface area (Å²) in [5.41, 5.74) is 0.376. The molecule has 4 nitrogen and oxygen atoms in total. The summed E-state index contributed by atoms with van der Waals surface area (Å²) in [5.74, 6) is -0.0476. The fraction of sp³-hybridized carbons (Fsp3) is 0.417.